The van der Waals surface area contributed by atoms with Gasteiger partial charge in [0.25, 0.3) is 0 Å². The largest absolute Gasteiger partial charge is 0.504 e. The number of rotatable bonds is 0. The maximum atomic E-state index is 10.0. The number of phenolic OH excluding ortho intramolecular Hbond substituents is 1. The molecule has 22 heavy (non-hydrogen) atoms. The van der Waals surface area contributed by atoms with Crippen LogP contribution in [0.2, 0.25) is 0 Å². The molecule has 4 nitrogen and oxygen atoms in total. The van der Waals surface area contributed by atoms with Crippen LogP contribution in [-0.4, -0.2) is 30.3 Å². The molecule has 1 saturated heterocycles. The Morgan fingerprint density at radius 2 is 1.50 bits per heavy atom. The number of benzene rings is 2. The molecule has 0 aromatic heterocycles. The van der Waals surface area contributed by atoms with Crippen molar-refractivity contribution in [2.75, 3.05) is 13.1 Å². The fourth-order valence-electron chi connectivity index (χ4n) is 3.21. The van der Waals surface area contributed by atoms with Gasteiger partial charge in [0.2, 0.25) is 0 Å². The van der Waals surface area contributed by atoms with Crippen LogP contribution in [0.1, 0.15) is 11.1 Å². The summed E-state index contributed by atoms with van der Waals surface area (Å²) in [7, 11) is 0. The van der Waals surface area contributed by atoms with Gasteiger partial charge in [-0.05, 0) is 48.2 Å². The van der Waals surface area contributed by atoms with Gasteiger partial charge in [0, 0.05) is 25.2 Å². The van der Waals surface area contributed by atoms with Gasteiger partial charge in [-0.25, -0.2) is 0 Å². The van der Waals surface area contributed by atoms with Crippen LogP contribution in [0.15, 0.2) is 42.5 Å². The van der Waals surface area contributed by atoms with Crippen molar-refractivity contribution in [2.45, 2.75) is 24.9 Å². The van der Waals surface area contributed by atoms with Gasteiger partial charge < -0.3 is 20.5 Å². The summed E-state index contributed by atoms with van der Waals surface area (Å²) in [5.41, 5.74) is 2.46. The topological polar surface area (TPSA) is 53.5 Å². The average molecular weight is 296 g/mol. The molecule has 1 fully saturated rings. The Morgan fingerprint density at radius 1 is 0.864 bits per heavy atom. The Kier molecular flexibility index (Phi) is 3.48. The fraction of sp³-hybridized carbons (Fsp3) is 0.333. The molecule has 0 saturated carbocycles. The maximum absolute atomic E-state index is 10.0. The van der Waals surface area contributed by atoms with Crippen LogP contribution in [-0.2, 0) is 12.8 Å². The van der Waals surface area contributed by atoms with E-state index in [1.807, 2.05) is 24.3 Å². The Balaban J connectivity index is 1.73. The van der Waals surface area contributed by atoms with Crippen LogP contribution < -0.4 is 15.4 Å². The first-order valence-electron chi connectivity index (χ1n) is 7.82. The molecule has 2 atom stereocenters. The molecule has 0 spiro atoms. The monoisotopic (exact) mass is 296 g/mol. The minimum atomic E-state index is 0.176. The van der Waals surface area contributed by atoms with Crippen molar-refractivity contribution in [1.29, 1.82) is 0 Å². The normalized spacial score (nSPS) is 23.8. The smallest absolute Gasteiger partial charge is 0.169 e. The van der Waals surface area contributed by atoms with E-state index in [1.165, 1.54) is 11.1 Å². The molecule has 0 radical (unpaired) electrons. The standard InChI is InChI=1S/C18H20N2O2/c21-17-6-3-13-8-15-11-19-14(10-20-15)7-12-1-4-16(5-2-12)22-18(17)9-13/h1-6,9,14-15,19-21H,7-8,10-11H2. The quantitative estimate of drug-likeness (QED) is 0.698. The summed E-state index contributed by atoms with van der Waals surface area (Å²) in [6, 6.07) is 14.6. The van der Waals surface area contributed by atoms with Crippen molar-refractivity contribution in [1.82, 2.24) is 10.6 Å². The highest BCUT2D eigenvalue weighted by Gasteiger charge is 2.21. The molecule has 2 aromatic carbocycles. The molecule has 5 heterocycles. The molecule has 0 amide bonds. The lowest BCUT2D eigenvalue weighted by atomic mass is 9.99. The molecule has 2 unspecified atom stereocenters. The first-order valence-corrected chi connectivity index (χ1v) is 7.82. The molecular weight excluding hydrogens is 276 g/mol. The van der Waals surface area contributed by atoms with E-state index in [-0.39, 0.29) is 5.75 Å². The van der Waals surface area contributed by atoms with E-state index in [9.17, 15) is 5.11 Å². The summed E-state index contributed by atoms with van der Waals surface area (Å²) in [6.07, 6.45) is 1.94. The molecule has 114 valence electrons. The molecule has 5 aliphatic rings. The number of ether oxygens (including phenoxy) is 1. The second kappa shape index (κ2) is 5.63. The fourth-order valence-corrected chi connectivity index (χ4v) is 3.21. The molecule has 7 rings (SSSR count). The number of piperazine rings is 1. The highest BCUT2D eigenvalue weighted by molar-refractivity contribution is 5.45. The van der Waals surface area contributed by atoms with Crippen LogP contribution >= 0.6 is 0 Å². The number of hydrogen-bond acceptors (Lipinski definition) is 4. The maximum Gasteiger partial charge on any atom is 0.169 e. The third kappa shape index (κ3) is 2.80. The molecule has 5 aliphatic heterocycles. The third-order valence-corrected chi connectivity index (χ3v) is 4.45. The minimum absolute atomic E-state index is 0.176. The van der Waals surface area contributed by atoms with Crippen LogP contribution in [0.25, 0.3) is 0 Å². The highest BCUT2D eigenvalue weighted by Crippen LogP contribution is 2.32. The van der Waals surface area contributed by atoms with Crippen molar-refractivity contribution < 1.29 is 9.84 Å². The first-order chi connectivity index (χ1) is 10.8. The van der Waals surface area contributed by atoms with Gasteiger partial charge in [0.05, 0.1) is 0 Å². The van der Waals surface area contributed by atoms with Crippen molar-refractivity contribution in [2.24, 2.45) is 0 Å². The highest BCUT2D eigenvalue weighted by atomic mass is 16.5. The zero-order chi connectivity index (χ0) is 14.9. The second-order valence-electron chi connectivity index (χ2n) is 6.17. The van der Waals surface area contributed by atoms with E-state index in [4.69, 9.17) is 4.74 Å². The van der Waals surface area contributed by atoms with Crippen molar-refractivity contribution in [3.8, 4) is 17.2 Å². The lowest BCUT2D eigenvalue weighted by molar-refractivity contribution is 0.341. The van der Waals surface area contributed by atoms with Crippen molar-refractivity contribution in [3.05, 3.63) is 53.6 Å². The lowest BCUT2D eigenvalue weighted by Gasteiger charge is -2.31. The van der Waals surface area contributed by atoms with Gasteiger partial charge in [-0.1, -0.05) is 18.2 Å². The van der Waals surface area contributed by atoms with Crippen LogP contribution in [0.4, 0.5) is 0 Å². The zero-order valence-corrected chi connectivity index (χ0v) is 12.4. The van der Waals surface area contributed by atoms with E-state index in [2.05, 4.69) is 22.8 Å². The van der Waals surface area contributed by atoms with E-state index in [0.717, 1.165) is 31.7 Å². The number of hydrogen-bond donors (Lipinski definition) is 3. The Morgan fingerprint density at radius 3 is 2.18 bits per heavy atom. The van der Waals surface area contributed by atoms with E-state index in [0.29, 0.717) is 17.8 Å². The van der Waals surface area contributed by atoms with Crippen molar-refractivity contribution in [3.63, 3.8) is 0 Å². The van der Waals surface area contributed by atoms with Crippen LogP contribution in [0.5, 0.6) is 17.2 Å². The van der Waals surface area contributed by atoms with Gasteiger partial charge in [-0.3, -0.25) is 0 Å². The van der Waals surface area contributed by atoms with Gasteiger partial charge in [0.1, 0.15) is 5.75 Å². The Labute approximate surface area is 130 Å². The second-order valence-corrected chi connectivity index (χ2v) is 6.17. The molecule has 4 heteroatoms. The van der Waals surface area contributed by atoms with E-state index < -0.39 is 0 Å². The number of aromatic hydroxyl groups is 1. The van der Waals surface area contributed by atoms with Gasteiger partial charge in [0.15, 0.2) is 11.5 Å². The molecule has 0 aliphatic carbocycles. The minimum Gasteiger partial charge on any atom is -0.504 e. The predicted octanol–water partition coefficient (Wildman–Crippen LogP) is 2.21. The lowest BCUT2D eigenvalue weighted by Crippen LogP contribution is -2.55. The van der Waals surface area contributed by atoms with Gasteiger partial charge >= 0.3 is 0 Å². The van der Waals surface area contributed by atoms with Gasteiger partial charge in [-0.2, -0.15) is 0 Å². The summed E-state index contributed by atoms with van der Waals surface area (Å²) in [5.74, 6) is 1.45. The average Bonchev–Trinajstić information content (AvgIpc) is 2.54. The van der Waals surface area contributed by atoms with Crippen LogP contribution in [0.3, 0.4) is 0 Å². The van der Waals surface area contributed by atoms with E-state index >= 15 is 0 Å². The molecular formula is C18H20N2O2. The van der Waals surface area contributed by atoms with Crippen molar-refractivity contribution >= 4 is 0 Å². The summed E-state index contributed by atoms with van der Waals surface area (Å²) in [6.45, 7) is 1.94. The molecule has 6 bridgehead atoms. The Hall–Kier alpha value is -2.04. The first kappa shape index (κ1) is 13.6. The molecule has 2 aromatic rings. The SMILES string of the molecule is Oc1ccc2cc1Oc1ccc(cc1)CC1CNC(CN1)C2. The third-order valence-electron chi connectivity index (χ3n) is 4.45. The summed E-state index contributed by atoms with van der Waals surface area (Å²) in [4.78, 5) is 0. The van der Waals surface area contributed by atoms with E-state index in [1.54, 1.807) is 6.07 Å². The van der Waals surface area contributed by atoms with Gasteiger partial charge in [-0.15, -0.1) is 0 Å². The summed E-state index contributed by atoms with van der Waals surface area (Å²) in [5, 5.41) is 17.3. The predicted molar refractivity (Wildman–Crippen MR) is 85.6 cm³/mol. The zero-order valence-electron chi connectivity index (χ0n) is 12.4. The molecule has 3 N–H and O–H groups in total. The summed E-state index contributed by atoms with van der Waals surface area (Å²) >= 11 is 0. The number of phenols is 1. The number of nitrogens with one attached hydrogen (secondary N) is 2. The summed E-state index contributed by atoms with van der Waals surface area (Å²) < 4.78 is 5.84. The Bertz CT molecular complexity index is 661. The van der Waals surface area contributed by atoms with Crippen LogP contribution in [0, 0.1) is 0 Å².